The Balaban J connectivity index is 0.000000518. The van der Waals surface area contributed by atoms with Gasteiger partial charge in [-0.3, -0.25) is 14.4 Å². The highest BCUT2D eigenvalue weighted by Gasteiger charge is 2.43. The number of carboxylic acid groups (broad SMARTS) is 3. The standard InChI is InChI=1S/3C7H8O5.Al/c3*1-7(6(10)11)5(9)4(8)2-3-12-7;/h3*2-3,5,9H,1H3,(H,10,11);/p-3. The molecule has 0 amide bonds. The Kier molecular flexibility index (Phi) is 11.4. The van der Waals surface area contributed by atoms with Crippen molar-refractivity contribution in [3.05, 3.63) is 37.0 Å². The van der Waals surface area contributed by atoms with Crippen LogP contribution in [0.4, 0.5) is 0 Å². The molecule has 0 aromatic carbocycles. The zero-order valence-corrected chi connectivity index (χ0v) is 20.7. The van der Waals surface area contributed by atoms with Gasteiger partial charge in [0, 0.05) is 35.6 Å². The highest BCUT2D eigenvalue weighted by atomic mass is 27.0. The Morgan fingerprint density at radius 1 is 0.622 bits per heavy atom. The molecule has 6 unspecified atom stereocenters. The number of carboxylic acids is 3. The van der Waals surface area contributed by atoms with E-state index in [0.717, 1.165) is 57.8 Å². The first-order valence-electron chi connectivity index (χ1n) is 9.78. The van der Waals surface area contributed by atoms with Gasteiger partial charge in [-0.25, -0.2) is 0 Å². The first-order chi connectivity index (χ1) is 16.4. The second kappa shape index (κ2) is 12.6. The minimum absolute atomic E-state index is 0. The first kappa shape index (κ1) is 33.5. The molecule has 0 aromatic rings. The summed E-state index contributed by atoms with van der Waals surface area (Å²) in [5.74, 6) is -6.96. The maximum absolute atomic E-state index is 10.8. The van der Waals surface area contributed by atoms with E-state index in [0.29, 0.717) is 0 Å². The van der Waals surface area contributed by atoms with Crippen molar-refractivity contribution in [2.75, 3.05) is 0 Å². The average molecular weight is 540 g/mol. The topological polar surface area (TPSA) is 260 Å². The van der Waals surface area contributed by atoms with Crippen LogP contribution in [-0.4, -0.2) is 103 Å². The summed E-state index contributed by atoms with van der Waals surface area (Å²) in [6.45, 7) is 3.23. The van der Waals surface area contributed by atoms with Crippen LogP contribution in [0, 0.1) is 0 Å². The van der Waals surface area contributed by atoms with Crippen molar-refractivity contribution >= 4 is 52.6 Å². The SMILES string of the molecule is CC1(C(=O)[O-])OC=CC(=O)C1O.CC1(C(=O)[O-])OC=CC(=O)C1O.CC1(C(=O)[O-])OC=CC(=O)C1O.[Al]. The van der Waals surface area contributed by atoms with E-state index in [1.807, 2.05) is 0 Å². The van der Waals surface area contributed by atoms with Gasteiger partial charge in [-0.1, -0.05) is 0 Å². The predicted octanol–water partition coefficient (Wildman–Crippen LogP) is -6.47. The zero-order valence-electron chi connectivity index (χ0n) is 19.5. The third-order valence-corrected chi connectivity index (χ3v) is 5.23. The van der Waals surface area contributed by atoms with Gasteiger partial charge >= 0.3 is 0 Å². The smallest absolute Gasteiger partial charge is 0.191 e. The molecule has 0 spiro atoms. The summed E-state index contributed by atoms with van der Waals surface area (Å²) in [4.78, 5) is 63.8. The number of carbonyl (C=O) groups is 6. The molecule has 0 aromatic heterocycles. The maximum Gasteiger partial charge on any atom is 0.191 e. The van der Waals surface area contributed by atoms with Crippen molar-refractivity contribution in [1.82, 2.24) is 0 Å². The van der Waals surface area contributed by atoms with Crippen molar-refractivity contribution in [1.29, 1.82) is 0 Å². The molecule has 3 N–H and O–H groups in total. The highest BCUT2D eigenvalue weighted by molar-refractivity contribution is 6.00. The molecule has 0 fully saturated rings. The lowest BCUT2D eigenvalue weighted by Crippen LogP contribution is -2.58. The van der Waals surface area contributed by atoms with Crippen molar-refractivity contribution in [3.63, 3.8) is 0 Å². The average Bonchev–Trinajstić information content (AvgIpc) is 2.80. The molecule has 0 aliphatic carbocycles. The molecule has 0 saturated heterocycles. The van der Waals surface area contributed by atoms with E-state index in [2.05, 4.69) is 14.2 Å². The van der Waals surface area contributed by atoms with Crippen LogP contribution in [0.5, 0.6) is 0 Å². The normalized spacial score (nSPS) is 33.6. The maximum atomic E-state index is 10.8. The van der Waals surface area contributed by atoms with Gasteiger partial charge in [0.15, 0.2) is 52.5 Å². The van der Waals surface area contributed by atoms with E-state index < -0.39 is 70.4 Å². The van der Waals surface area contributed by atoms with E-state index in [1.165, 1.54) is 0 Å². The molecular formula is C21H21AlO15-3. The second-order valence-corrected chi connectivity index (χ2v) is 7.86. The molecule has 16 heteroatoms. The number of aliphatic carboxylic acids is 3. The quantitative estimate of drug-likeness (QED) is 0.281. The fourth-order valence-corrected chi connectivity index (χ4v) is 2.49. The molecule has 0 saturated carbocycles. The molecule has 0 bridgehead atoms. The van der Waals surface area contributed by atoms with Gasteiger partial charge in [0.2, 0.25) is 0 Å². The monoisotopic (exact) mass is 540 g/mol. The molecule has 6 atom stereocenters. The number of hydrogen-bond donors (Lipinski definition) is 3. The van der Waals surface area contributed by atoms with Crippen LogP contribution in [0.3, 0.4) is 0 Å². The van der Waals surface area contributed by atoms with E-state index in [9.17, 15) is 44.1 Å². The highest BCUT2D eigenvalue weighted by Crippen LogP contribution is 2.22. The number of aliphatic hydroxyl groups is 3. The molecule has 3 heterocycles. The van der Waals surface area contributed by atoms with E-state index in [-0.39, 0.29) is 17.4 Å². The molecule has 3 aliphatic heterocycles. The summed E-state index contributed by atoms with van der Waals surface area (Å²) in [7, 11) is 0. The van der Waals surface area contributed by atoms with Crippen LogP contribution in [0.1, 0.15) is 20.8 Å². The minimum Gasteiger partial charge on any atom is -0.546 e. The first-order valence-corrected chi connectivity index (χ1v) is 9.78. The van der Waals surface area contributed by atoms with Gasteiger partial charge in [0.25, 0.3) is 0 Å². The van der Waals surface area contributed by atoms with Crippen molar-refractivity contribution < 1.29 is 73.6 Å². The summed E-state index contributed by atoms with van der Waals surface area (Å²) in [5, 5.41) is 58.7. The van der Waals surface area contributed by atoms with E-state index in [1.54, 1.807) is 0 Å². The zero-order chi connectivity index (χ0) is 28.1. The molecule has 3 rings (SSSR count). The Bertz CT molecular complexity index is 905. The lowest BCUT2D eigenvalue weighted by atomic mass is 9.94. The summed E-state index contributed by atoms with van der Waals surface area (Å²) in [6, 6.07) is 0. The van der Waals surface area contributed by atoms with Gasteiger partial charge in [0.1, 0.15) is 0 Å². The second-order valence-electron chi connectivity index (χ2n) is 7.86. The van der Waals surface area contributed by atoms with Gasteiger partial charge in [-0.15, -0.1) is 0 Å². The van der Waals surface area contributed by atoms with Crippen LogP contribution >= 0.6 is 0 Å². The van der Waals surface area contributed by atoms with Crippen LogP contribution in [0.2, 0.25) is 0 Å². The van der Waals surface area contributed by atoms with Crippen molar-refractivity contribution in [2.45, 2.75) is 55.9 Å². The molecular weight excluding hydrogens is 519 g/mol. The predicted molar refractivity (Wildman–Crippen MR) is 110 cm³/mol. The fraction of sp³-hybridized carbons (Fsp3) is 0.429. The largest absolute Gasteiger partial charge is 0.546 e. The minimum atomic E-state index is -1.97. The third-order valence-electron chi connectivity index (χ3n) is 5.23. The third kappa shape index (κ3) is 7.02. The lowest BCUT2D eigenvalue weighted by molar-refractivity contribution is -0.329. The Labute approximate surface area is 219 Å². The van der Waals surface area contributed by atoms with Crippen LogP contribution in [-0.2, 0) is 43.0 Å². The number of rotatable bonds is 3. The van der Waals surface area contributed by atoms with Crippen LogP contribution in [0.25, 0.3) is 0 Å². The number of hydrogen-bond acceptors (Lipinski definition) is 15. The molecule has 37 heavy (non-hydrogen) atoms. The fourth-order valence-electron chi connectivity index (χ4n) is 2.49. The molecule has 201 valence electrons. The van der Waals surface area contributed by atoms with E-state index >= 15 is 0 Å². The van der Waals surface area contributed by atoms with Crippen LogP contribution < -0.4 is 15.3 Å². The lowest BCUT2D eigenvalue weighted by Gasteiger charge is -2.35. The van der Waals surface area contributed by atoms with Gasteiger partial charge < -0.3 is 59.2 Å². The molecule has 15 nitrogen and oxygen atoms in total. The molecule has 3 radical (unpaired) electrons. The van der Waals surface area contributed by atoms with Gasteiger partial charge in [0.05, 0.1) is 36.7 Å². The number of ether oxygens (including phenoxy) is 3. The van der Waals surface area contributed by atoms with Crippen molar-refractivity contribution in [3.8, 4) is 0 Å². The number of ketones is 3. The summed E-state index contributed by atoms with van der Waals surface area (Å²) >= 11 is 0. The summed E-state index contributed by atoms with van der Waals surface area (Å²) in [5.41, 5.74) is -5.90. The van der Waals surface area contributed by atoms with Crippen molar-refractivity contribution in [2.24, 2.45) is 0 Å². The summed E-state index contributed by atoms with van der Waals surface area (Å²) in [6.07, 6.45) is 0.605. The number of aliphatic hydroxyl groups excluding tert-OH is 3. The Morgan fingerprint density at radius 3 is 0.946 bits per heavy atom. The van der Waals surface area contributed by atoms with Crippen LogP contribution in [0.15, 0.2) is 37.0 Å². The van der Waals surface area contributed by atoms with Gasteiger partial charge in [-0.2, -0.15) is 0 Å². The van der Waals surface area contributed by atoms with Gasteiger partial charge in [-0.05, 0) is 20.8 Å². The molecule has 3 aliphatic rings. The van der Waals surface area contributed by atoms with E-state index in [4.69, 9.17) is 15.3 Å². The summed E-state index contributed by atoms with van der Waals surface area (Å²) < 4.78 is 13.8. The Hall–Kier alpha value is -3.55. The number of carbonyl (C=O) groups excluding carboxylic acids is 6. The Morgan fingerprint density at radius 2 is 0.811 bits per heavy atom.